The molecule has 0 N–H and O–H groups in total. The van der Waals surface area contributed by atoms with Crippen LogP contribution in [0.25, 0.3) is 17.0 Å². The second kappa shape index (κ2) is 12.5. The third kappa shape index (κ3) is 5.87. The molecule has 42 heavy (non-hydrogen) atoms. The van der Waals surface area contributed by atoms with E-state index in [0.717, 1.165) is 45.8 Å². The summed E-state index contributed by atoms with van der Waals surface area (Å²) in [5.41, 5.74) is 4.15. The van der Waals surface area contributed by atoms with Gasteiger partial charge in [-0.25, -0.2) is 9.97 Å². The van der Waals surface area contributed by atoms with Crippen molar-refractivity contribution in [3.8, 4) is 23.0 Å². The largest absolute Gasteiger partial charge is 0.493 e. The average molecular weight is 567 g/mol. The molecule has 1 amide bonds. The van der Waals surface area contributed by atoms with Gasteiger partial charge in [-0.1, -0.05) is 36.4 Å². The van der Waals surface area contributed by atoms with Crippen LogP contribution in [-0.2, 0) is 22.4 Å². The van der Waals surface area contributed by atoms with Crippen molar-refractivity contribution in [3.05, 3.63) is 83.7 Å². The number of amides is 1. The first kappa shape index (κ1) is 27.5. The SMILES string of the molecule is COCCOc1cc2ncnc(N3CCN(C(=O)Cc4ccc(Oc5cccc6c5C=CC6)cc4)CC3)c2cc1OC. The molecule has 4 aromatic rings. The Balaban J connectivity index is 1.07. The summed E-state index contributed by atoms with van der Waals surface area (Å²) in [4.78, 5) is 26.3. The number of piperazine rings is 1. The number of benzene rings is 3. The summed E-state index contributed by atoms with van der Waals surface area (Å²) in [6.07, 6.45) is 7.12. The van der Waals surface area contributed by atoms with Crippen molar-refractivity contribution in [2.45, 2.75) is 12.8 Å². The number of hydrogen-bond donors (Lipinski definition) is 0. The van der Waals surface area contributed by atoms with E-state index in [1.165, 1.54) is 5.56 Å². The van der Waals surface area contributed by atoms with E-state index in [0.29, 0.717) is 57.3 Å². The van der Waals surface area contributed by atoms with Gasteiger partial charge < -0.3 is 28.7 Å². The van der Waals surface area contributed by atoms with Crippen molar-refractivity contribution >= 4 is 28.7 Å². The van der Waals surface area contributed by atoms with Gasteiger partial charge in [-0.2, -0.15) is 0 Å². The van der Waals surface area contributed by atoms with Crippen molar-refractivity contribution in [1.29, 1.82) is 0 Å². The first-order valence-corrected chi connectivity index (χ1v) is 14.2. The Morgan fingerprint density at radius 3 is 2.52 bits per heavy atom. The summed E-state index contributed by atoms with van der Waals surface area (Å²) in [6.45, 7) is 3.48. The summed E-state index contributed by atoms with van der Waals surface area (Å²) >= 11 is 0. The highest BCUT2D eigenvalue weighted by molar-refractivity contribution is 5.92. The monoisotopic (exact) mass is 566 g/mol. The average Bonchev–Trinajstić information content (AvgIpc) is 3.52. The minimum absolute atomic E-state index is 0.112. The molecule has 1 aliphatic heterocycles. The third-order valence-electron chi connectivity index (χ3n) is 7.66. The fourth-order valence-electron chi connectivity index (χ4n) is 5.42. The molecule has 3 aromatic carbocycles. The first-order valence-electron chi connectivity index (χ1n) is 14.2. The van der Waals surface area contributed by atoms with Gasteiger partial charge in [0.1, 0.15) is 30.3 Å². The van der Waals surface area contributed by atoms with Gasteiger partial charge in [0.25, 0.3) is 0 Å². The zero-order valence-electron chi connectivity index (χ0n) is 23.9. The fraction of sp³-hybridized carbons (Fsp3) is 0.303. The summed E-state index contributed by atoms with van der Waals surface area (Å²) in [5.74, 6) is 3.78. The number of anilines is 1. The lowest BCUT2D eigenvalue weighted by Gasteiger charge is -2.36. The summed E-state index contributed by atoms with van der Waals surface area (Å²) in [5, 5.41) is 0.881. The normalized spacial score (nSPS) is 14.2. The molecule has 0 radical (unpaired) electrons. The summed E-state index contributed by atoms with van der Waals surface area (Å²) in [6, 6.07) is 17.7. The zero-order chi connectivity index (χ0) is 28.9. The summed E-state index contributed by atoms with van der Waals surface area (Å²) in [7, 11) is 3.25. The smallest absolute Gasteiger partial charge is 0.227 e. The number of carbonyl (C=O) groups is 1. The van der Waals surface area contributed by atoms with Crippen molar-refractivity contribution < 1.29 is 23.7 Å². The van der Waals surface area contributed by atoms with E-state index in [-0.39, 0.29) is 5.91 Å². The lowest BCUT2D eigenvalue weighted by molar-refractivity contribution is -0.130. The lowest BCUT2D eigenvalue weighted by atomic mass is 10.1. The van der Waals surface area contributed by atoms with E-state index in [1.54, 1.807) is 20.5 Å². The van der Waals surface area contributed by atoms with Crippen LogP contribution in [0.5, 0.6) is 23.0 Å². The molecule has 1 saturated heterocycles. The van der Waals surface area contributed by atoms with E-state index < -0.39 is 0 Å². The molecule has 0 bridgehead atoms. The topological polar surface area (TPSA) is 86.3 Å². The molecular formula is C33H34N4O5. The Morgan fingerprint density at radius 2 is 1.74 bits per heavy atom. The molecule has 0 atom stereocenters. The van der Waals surface area contributed by atoms with Crippen molar-refractivity contribution in [2.24, 2.45) is 0 Å². The van der Waals surface area contributed by atoms with Gasteiger partial charge >= 0.3 is 0 Å². The molecule has 0 spiro atoms. The highest BCUT2D eigenvalue weighted by Gasteiger charge is 2.24. The van der Waals surface area contributed by atoms with Crippen LogP contribution in [-0.4, -0.2) is 74.4 Å². The molecular weight excluding hydrogens is 532 g/mol. The number of methoxy groups -OCH3 is 2. The van der Waals surface area contributed by atoms with Gasteiger partial charge in [0.15, 0.2) is 11.5 Å². The van der Waals surface area contributed by atoms with Crippen molar-refractivity contribution in [2.75, 3.05) is 58.5 Å². The van der Waals surface area contributed by atoms with E-state index >= 15 is 0 Å². The molecule has 1 fully saturated rings. The Hall–Kier alpha value is -4.63. The molecule has 2 heterocycles. The van der Waals surface area contributed by atoms with Gasteiger partial charge in [0.05, 0.1) is 25.7 Å². The highest BCUT2D eigenvalue weighted by atomic mass is 16.5. The van der Waals surface area contributed by atoms with Crippen molar-refractivity contribution in [1.82, 2.24) is 14.9 Å². The predicted octanol–water partition coefficient (Wildman–Crippen LogP) is 4.92. The second-order valence-corrected chi connectivity index (χ2v) is 10.3. The number of rotatable bonds is 10. The molecule has 0 unspecified atom stereocenters. The predicted molar refractivity (Wildman–Crippen MR) is 162 cm³/mol. The van der Waals surface area contributed by atoms with Gasteiger partial charge in [-0.05, 0) is 41.8 Å². The van der Waals surface area contributed by atoms with Crippen LogP contribution in [0.3, 0.4) is 0 Å². The van der Waals surface area contributed by atoms with Crippen LogP contribution in [0, 0.1) is 0 Å². The van der Waals surface area contributed by atoms with Gasteiger partial charge in [-0.15, -0.1) is 0 Å². The zero-order valence-corrected chi connectivity index (χ0v) is 23.9. The van der Waals surface area contributed by atoms with Gasteiger partial charge in [0.2, 0.25) is 5.91 Å². The van der Waals surface area contributed by atoms with E-state index in [2.05, 4.69) is 33.1 Å². The van der Waals surface area contributed by atoms with Crippen molar-refractivity contribution in [3.63, 3.8) is 0 Å². The fourth-order valence-corrected chi connectivity index (χ4v) is 5.42. The van der Waals surface area contributed by atoms with Gasteiger partial charge in [-0.3, -0.25) is 4.79 Å². The number of carbonyl (C=O) groups excluding carboxylic acids is 1. The Bertz CT molecular complexity index is 1600. The number of ether oxygens (including phenoxy) is 4. The minimum Gasteiger partial charge on any atom is -0.493 e. The Kier molecular flexibility index (Phi) is 8.18. The number of nitrogens with zero attached hydrogens (tertiary/aromatic N) is 4. The van der Waals surface area contributed by atoms with Gasteiger partial charge in [0, 0.05) is 50.3 Å². The van der Waals surface area contributed by atoms with Crippen LogP contribution in [0.1, 0.15) is 16.7 Å². The molecule has 6 rings (SSSR count). The lowest BCUT2D eigenvalue weighted by Crippen LogP contribution is -2.49. The maximum absolute atomic E-state index is 13.2. The Morgan fingerprint density at radius 1 is 0.905 bits per heavy atom. The molecule has 1 aromatic heterocycles. The van der Waals surface area contributed by atoms with E-state index in [4.69, 9.17) is 18.9 Å². The molecule has 0 saturated carbocycles. The quantitative estimate of drug-likeness (QED) is 0.250. The Labute approximate surface area is 245 Å². The molecule has 2 aliphatic rings. The molecule has 216 valence electrons. The van der Waals surface area contributed by atoms with Crippen LogP contribution in [0.2, 0.25) is 0 Å². The van der Waals surface area contributed by atoms with Crippen LogP contribution in [0.15, 0.2) is 67.0 Å². The number of aromatic nitrogens is 2. The number of allylic oxidation sites excluding steroid dienone is 1. The minimum atomic E-state index is 0.112. The van der Waals surface area contributed by atoms with Crippen LogP contribution < -0.4 is 19.1 Å². The van der Waals surface area contributed by atoms with Crippen LogP contribution in [0.4, 0.5) is 5.82 Å². The number of hydrogen-bond acceptors (Lipinski definition) is 8. The highest BCUT2D eigenvalue weighted by Crippen LogP contribution is 2.35. The van der Waals surface area contributed by atoms with Crippen LogP contribution >= 0.6 is 0 Å². The maximum atomic E-state index is 13.2. The molecule has 9 heteroatoms. The van der Waals surface area contributed by atoms with E-state index in [9.17, 15) is 4.79 Å². The third-order valence-corrected chi connectivity index (χ3v) is 7.66. The molecule has 9 nitrogen and oxygen atoms in total. The summed E-state index contributed by atoms with van der Waals surface area (Å²) < 4.78 is 22.6. The number of fused-ring (bicyclic) bond motifs is 2. The molecule has 1 aliphatic carbocycles. The maximum Gasteiger partial charge on any atom is 0.227 e. The second-order valence-electron chi connectivity index (χ2n) is 10.3. The first-order chi connectivity index (χ1) is 20.6. The standard InChI is InChI=1S/C33H34N4O5/c1-39-17-18-41-31-21-28-27(20-30(31)40-2)33(35-22-34-28)37-15-13-36(14-16-37)32(38)19-23-9-11-25(12-10-23)42-29-8-4-6-24-5-3-7-26(24)29/h3-4,6-12,20-22H,5,13-19H2,1-2H3. The van der Waals surface area contributed by atoms with E-state index in [1.807, 2.05) is 53.4 Å².